The van der Waals surface area contributed by atoms with Crippen LogP contribution in [-0.2, 0) is 19.5 Å². The number of anilines is 2. The van der Waals surface area contributed by atoms with Crippen LogP contribution in [0.15, 0.2) is 28.6 Å². The molecule has 0 atom stereocenters. The fourth-order valence-electron chi connectivity index (χ4n) is 2.64. The monoisotopic (exact) mass is 427 g/mol. The smallest absolute Gasteiger partial charge is 0.349 e. The minimum absolute atomic E-state index is 0.0482. The van der Waals surface area contributed by atoms with Gasteiger partial charge in [-0.05, 0) is 11.4 Å². The van der Waals surface area contributed by atoms with Gasteiger partial charge >= 0.3 is 5.97 Å². The number of ether oxygens (including phenoxy) is 2. The van der Waals surface area contributed by atoms with E-state index in [2.05, 4.69) is 29.9 Å². The second kappa shape index (κ2) is 9.28. The molecule has 28 heavy (non-hydrogen) atoms. The van der Waals surface area contributed by atoms with Crippen LogP contribution >= 0.6 is 11.3 Å². The minimum atomic E-state index is -3.82. The van der Waals surface area contributed by atoms with Crippen LogP contribution in [0.5, 0.6) is 0 Å². The average Bonchev–Trinajstić information content (AvgIpc) is 3.23. The van der Waals surface area contributed by atoms with Gasteiger partial charge in [0.1, 0.15) is 9.77 Å². The van der Waals surface area contributed by atoms with E-state index in [1.807, 2.05) is 6.07 Å². The van der Waals surface area contributed by atoms with Crippen molar-refractivity contribution in [1.82, 2.24) is 14.9 Å². The van der Waals surface area contributed by atoms with Gasteiger partial charge in [0.05, 0.1) is 32.2 Å². The summed E-state index contributed by atoms with van der Waals surface area (Å²) < 4.78 is 37.3. The van der Waals surface area contributed by atoms with Crippen LogP contribution in [0.2, 0.25) is 0 Å². The largest absolute Gasteiger partial charge is 0.465 e. The number of methoxy groups -OCH3 is 1. The van der Waals surface area contributed by atoms with Gasteiger partial charge in [-0.1, -0.05) is 0 Å². The Morgan fingerprint density at radius 3 is 2.89 bits per heavy atom. The third kappa shape index (κ3) is 4.95. The lowest BCUT2D eigenvalue weighted by molar-refractivity contribution is 0.0602. The van der Waals surface area contributed by atoms with E-state index in [-0.39, 0.29) is 16.3 Å². The van der Waals surface area contributed by atoms with Crippen molar-refractivity contribution in [1.29, 1.82) is 0 Å². The normalized spacial score (nSPS) is 14.7. The maximum Gasteiger partial charge on any atom is 0.349 e. The van der Waals surface area contributed by atoms with E-state index >= 15 is 0 Å². The zero-order valence-electron chi connectivity index (χ0n) is 15.3. The van der Waals surface area contributed by atoms with Gasteiger partial charge < -0.3 is 19.7 Å². The van der Waals surface area contributed by atoms with Gasteiger partial charge in [0, 0.05) is 32.2 Å². The molecule has 0 bridgehead atoms. The number of carbonyl (C=O) groups excluding carboxylic acids is 1. The number of nitrogens with zero attached hydrogens (tertiary/aromatic N) is 3. The average molecular weight is 428 g/mol. The van der Waals surface area contributed by atoms with Crippen LogP contribution in [0, 0.1) is 0 Å². The minimum Gasteiger partial charge on any atom is -0.465 e. The highest BCUT2D eigenvalue weighted by molar-refractivity contribution is 7.89. The number of esters is 1. The summed E-state index contributed by atoms with van der Waals surface area (Å²) in [5, 5.41) is 12.6. The standard InChI is InChI=1S/C16H21N5O5S2/c1-25-16(22)15-13(2-9-27-15)28(23,24)19-4-3-17-14-10-12(11-18-20-14)21-5-7-26-8-6-21/h2,9-11,19H,3-8H2,1H3,(H,17,20). The van der Waals surface area contributed by atoms with Crippen molar-refractivity contribution in [2.75, 3.05) is 56.7 Å². The van der Waals surface area contributed by atoms with E-state index < -0.39 is 16.0 Å². The molecule has 1 aliphatic heterocycles. The van der Waals surface area contributed by atoms with Crippen molar-refractivity contribution in [2.24, 2.45) is 0 Å². The first-order valence-electron chi connectivity index (χ1n) is 8.56. The lowest BCUT2D eigenvalue weighted by atomic mass is 10.3. The van der Waals surface area contributed by atoms with Gasteiger partial charge in [0.2, 0.25) is 10.0 Å². The van der Waals surface area contributed by atoms with Crippen LogP contribution in [-0.4, -0.2) is 71.1 Å². The number of aromatic nitrogens is 2. The second-order valence-corrected chi connectivity index (χ2v) is 8.48. The Labute approximate surface area is 166 Å². The molecule has 2 aromatic heterocycles. The number of sulfonamides is 1. The Hall–Kier alpha value is -2.28. The molecule has 0 amide bonds. The molecular formula is C16H21N5O5S2. The number of rotatable bonds is 8. The van der Waals surface area contributed by atoms with Crippen LogP contribution in [0.25, 0.3) is 0 Å². The predicted molar refractivity (Wildman–Crippen MR) is 104 cm³/mol. The predicted octanol–water partition coefficient (Wildman–Crippen LogP) is 0.552. The maximum atomic E-state index is 12.4. The van der Waals surface area contributed by atoms with E-state index in [0.29, 0.717) is 25.6 Å². The van der Waals surface area contributed by atoms with E-state index in [1.54, 1.807) is 6.20 Å². The van der Waals surface area contributed by atoms with Crippen molar-refractivity contribution in [3.8, 4) is 0 Å². The summed E-state index contributed by atoms with van der Waals surface area (Å²) in [7, 11) is -2.61. The molecule has 1 fully saturated rings. The molecule has 12 heteroatoms. The molecule has 2 N–H and O–H groups in total. The Morgan fingerprint density at radius 1 is 1.36 bits per heavy atom. The van der Waals surface area contributed by atoms with Crippen molar-refractivity contribution < 1.29 is 22.7 Å². The van der Waals surface area contributed by atoms with Crippen LogP contribution < -0.4 is 14.9 Å². The van der Waals surface area contributed by atoms with Gasteiger partial charge in [0.15, 0.2) is 5.82 Å². The van der Waals surface area contributed by atoms with Crippen molar-refractivity contribution in [3.05, 3.63) is 28.6 Å². The SMILES string of the molecule is COC(=O)c1sccc1S(=O)(=O)NCCNc1cc(N2CCOCC2)cnn1. The zero-order valence-corrected chi connectivity index (χ0v) is 16.9. The fourth-order valence-corrected chi connectivity index (χ4v) is 5.01. The van der Waals surface area contributed by atoms with Gasteiger partial charge in [-0.15, -0.1) is 16.4 Å². The highest BCUT2D eigenvalue weighted by Crippen LogP contribution is 2.22. The number of hydrogen-bond donors (Lipinski definition) is 2. The van der Waals surface area contributed by atoms with E-state index in [4.69, 9.17) is 4.74 Å². The molecule has 0 radical (unpaired) electrons. The Balaban J connectivity index is 1.54. The quantitative estimate of drug-likeness (QED) is 0.459. The third-order valence-corrected chi connectivity index (χ3v) is 6.56. The lowest BCUT2D eigenvalue weighted by Gasteiger charge is -2.28. The van der Waals surface area contributed by atoms with Gasteiger partial charge in [-0.3, -0.25) is 0 Å². The highest BCUT2D eigenvalue weighted by Gasteiger charge is 2.24. The molecule has 1 saturated heterocycles. The van der Waals surface area contributed by atoms with Crippen LogP contribution in [0.3, 0.4) is 0 Å². The third-order valence-electron chi connectivity index (χ3n) is 4.03. The summed E-state index contributed by atoms with van der Waals surface area (Å²) in [6, 6.07) is 3.24. The molecule has 0 saturated carbocycles. The molecule has 0 aromatic carbocycles. The first-order valence-corrected chi connectivity index (χ1v) is 10.9. The molecule has 3 rings (SSSR count). The summed E-state index contributed by atoms with van der Waals surface area (Å²) in [6.45, 7) is 3.33. The number of carbonyl (C=O) groups is 1. The molecule has 0 spiro atoms. The zero-order chi connectivity index (χ0) is 20.0. The van der Waals surface area contributed by atoms with Gasteiger partial charge in [-0.2, -0.15) is 5.10 Å². The molecule has 1 aliphatic rings. The van der Waals surface area contributed by atoms with E-state index in [9.17, 15) is 13.2 Å². The van der Waals surface area contributed by atoms with E-state index in [1.165, 1.54) is 18.6 Å². The Kier molecular flexibility index (Phi) is 6.78. The number of thiophene rings is 1. The first kappa shape index (κ1) is 20.5. The molecule has 0 aliphatic carbocycles. The first-order chi connectivity index (χ1) is 13.5. The fraction of sp³-hybridized carbons (Fsp3) is 0.438. The topological polar surface area (TPSA) is 123 Å². The van der Waals surface area contributed by atoms with Crippen LogP contribution in [0.1, 0.15) is 9.67 Å². The van der Waals surface area contributed by atoms with Crippen molar-refractivity contribution in [3.63, 3.8) is 0 Å². The number of nitrogens with one attached hydrogen (secondary N) is 2. The molecule has 10 nitrogen and oxygen atoms in total. The summed E-state index contributed by atoms with van der Waals surface area (Å²) in [5.74, 6) is -0.127. The summed E-state index contributed by atoms with van der Waals surface area (Å²) in [5.41, 5.74) is 0.933. The van der Waals surface area contributed by atoms with Crippen molar-refractivity contribution >= 4 is 38.8 Å². The number of hydrogen-bond acceptors (Lipinski definition) is 10. The van der Waals surface area contributed by atoms with Crippen molar-refractivity contribution in [2.45, 2.75) is 4.90 Å². The molecule has 152 valence electrons. The summed E-state index contributed by atoms with van der Waals surface area (Å²) in [4.78, 5) is 13.8. The lowest BCUT2D eigenvalue weighted by Crippen LogP contribution is -2.36. The molecule has 2 aromatic rings. The van der Waals surface area contributed by atoms with Crippen LogP contribution in [0.4, 0.5) is 11.5 Å². The van der Waals surface area contributed by atoms with Gasteiger partial charge in [-0.25, -0.2) is 17.9 Å². The maximum absolute atomic E-state index is 12.4. The Morgan fingerprint density at radius 2 is 2.14 bits per heavy atom. The number of morpholine rings is 1. The summed E-state index contributed by atoms with van der Waals surface area (Å²) in [6.07, 6.45) is 1.68. The molecule has 3 heterocycles. The second-order valence-electron chi connectivity index (χ2n) is 5.83. The highest BCUT2D eigenvalue weighted by atomic mass is 32.2. The van der Waals surface area contributed by atoms with E-state index in [0.717, 1.165) is 30.1 Å². The summed E-state index contributed by atoms with van der Waals surface area (Å²) >= 11 is 1.02. The Bertz CT molecular complexity index is 912. The van der Waals surface area contributed by atoms with Gasteiger partial charge in [0.25, 0.3) is 0 Å². The molecule has 0 unspecified atom stereocenters. The molecular weight excluding hydrogens is 406 g/mol.